The van der Waals surface area contributed by atoms with E-state index in [1.165, 1.54) is 45.7 Å². The van der Waals surface area contributed by atoms with Crippen molar-refractivity contribution in [3.8, 4) is 0 Å². The molecule has 3 aliphatic heterocycles. The molecule has 0 aliphatic carbocycles. The quantitative estimate of drug-likeness (QED) is 0.250. The van der Waals surface area contributed by atoms with Gasteiger partial charge in [-0.25, -0.2) is 0 Å². The summed E-state index contributed by atoms with van der Waals surface area (Å²) in [5, 5.41) is 15.3. The molecule has 45 heavy (non-hydrogen) atoms. The summed E-state index contributed by atoms with van der Waals surface area (Å²) >= 11 is 0. The van der Waals surface area contributed by atoms with Crippen molar-refractivity contribution >= 4 is 11.8 Å². The van der Waals surface area contributed by atoms with Gasteiger partial charge in [0.05, 0.1) is 18.8 Å². The predicted octanol–water partition coefficient (Wildman–Crippen LogP) is 4.60. The zero-order valence-electron chi connectivity index (χ0n) is 26.9. The van der Waals surface area contributed by atoms with Gasteiger partial charge < -0.3 is 30.1 Å². The van der Waals surface area contributed by atoms with E-state index in [1.54, 1.807) is 0 Å². The molecule has 3 N–H and O–H groups in total. The van der Waals surface area contributed by atoms with Gasteiger partial charge in [-0.2, -0.15) is 0 Å². The molecule has 4 atom stereocenters. The number of amides is 2. The van der Waals surface area contributed by atoms with Crippen LogP contribution in [0.3, 0.4) is 0 Å². The molecule has 2 amide bonds. The summed E-state index contributed by atoms with van der Waals surface area (Å²) in [7, 11) is 0. The van der Waals surface area contributed by atoms with Gasteiger partial charge in [0.15, 0.2) is 6.29 Å². The van der Waals surface area contributed by atoms with Crippen LogP contribution in [0.4, 0.5) is 0 Å². The third-order valence-corrected chi connectivity index (χ3v) is 9.42. The number of carbonyl (C=O) groups is 2. The summed E-state index contributed by atoms with van der Waals surface area (Å²) in [6, 6.07) is 16.8. The summed E-state index contributed by atoms with van der Waals surface area (Å²) in [6.45, 7) is 8.33. The van der Waals surface area contributed by atoms with Crippen molar-refractivity contribution in [2.24, 2.45) is 0 Å². The minimum Gasteiger partial charge on any atom is -0.392 e. The fourth-order valence-electron chi connectivity index (χ4n) is 6.83. The van der Waals surface area contributed by atoms with Crippen LogP contribution >= 0.6 is 0 Å². The van der Waals surface area contributed by atoms with Gasteiger partial charge in [0.2, 0.25) is 11.8 Å². The second-order valence-corrected chi connectivity index (χ2v) is 13.0. The van der Waals surface area contributed by atoms with Gasteiger partial charge in [-0.3, -0.25) is 14.5 Å². The molecule has 3 fully saturated rings. The first kappa shape index (κ1) is 33.5. The molecule has 3 saturated heterocycles. The van der Waals surface area contributed by atoms with Crippen molar-refractivity contribution < 1.29 is 24.2 Å². The standard InChI is InChI=1S/C36H52N4O5/c1-27(42)37-18-4-2-3-9-35(43)38-23-28-10-16-31(17-11-28)36-44-33(22-34(45-36)30-14-12-29(26-41)13-15-30)25-40-21-7-8-32(40)24-39-19-5-6-20-39/h10-17,32-34,36,41H,2-9,18-26H2,1H3,(H,37,42)(H,38,43). The maximum Gasteiger partial charge on any atom is 0.220 e. The second kappa shape index (κ2) is 17.2. The number of carbonyl (C=O) groups excluding carboxylic acids is 2. The fraction of sp³-hybridized carbons (Fsp3) is 0.611. The number of unbranched alkanes of at least 4 members (excludes halogenated alkanes) is 2. The number of aliphatic hydroxyl groups is 1. The monoisotopic (exact) mass is 620 g/mol. The van der Waals surface area contributed by atoms with E-state index in [9.17, 15) is 14.7 Å². The second-order valence-electron chi connectivity index (χ2n) is 13.0. The number of ether oxygens (including phenoxy) is 2. The number of hydrogen-bond donors (Lipinski definition) is 3. The molecule has 4 unspecified atom stereocenters. The summed E-state index contributed by atoms with van der Waals surface area (Å²) in [5.74, 6) is 0.0254. The Labute approximate surface area is 268 Å². The molecule has 3 aliphatic rings. The van der Waals surface area contributed by atoms with Crippen LogP contribution in [0.15, 0.2) is 48.5 Å². The van der Waals surface area contributed by atoms with Crippen molar-refractivity contribution in [1.82, 2.24) is 20.4 Å². The van der Waals surface area contributed by atoms with Crippen LogP contribution in [0.1, 0.15) is 99.4 Å². The molecule has 3 heterocycles. The highest BCUT2D eigenvalue weighted by Gasteiger charge is 2.36. The van der Waals surface area contributed by atoms with E-state index in [2.05, 4.69) is 44.7 Å². The molecule has 0 saturated carbocycles. The lowest BCUT2D eigenvalue weighted by Gasteiger charge is -2.39. The highest BCUT2D eigenvalue weighted by Crippen LogP contribution is 2.39. The Kier molecular flexibility index (Phi) is 12.8. The van der Waals surface area contributed by atoms with E-state index in [1.807, 2.05) is 24.3 Å². The van der Waals surface area contributed by atoms with Gasteiger partial charge in [0, 0.05) is 57.5 Å². The van der Waals surface area contributed by atoms with Crippen molar-refractivity contribution in [2.75, 3.05) is 39.3 Å². The topological polar surface area (TPSA) is 103 Å². The number of benzene rings is 2. The third kappa shape index (κ3) is 10.3. The maximum absolute atomic E-state index is 12.3. The Morgan fingerprint density at radius 2 is 1.58 bits per heavy atom. The largest absolute Gasteiger partial charge is 0.392 e. The van der Waals surface area contributed by atoms with E-state index in [-0.39, 0.29) is 30.6 Å². The Morgan fingerprint density at radius 3 is 2.31 bits per heavy atom. The SMILES string of the molecule is CC(=O)NCCCCCC(=O)NCc1ccc(C2OC(CN3CCCC3CN3CCCC3)CC(c3ccc(CO)cc3)O2)cc1. The fourth-order valence-corrected chi connectivity index (χ4v) is 6.83. The first-order valence-corrected chi connectivity index (χ1v) is 17.0. The van der Waals surface area contributed by atoms with Crippen LogP contribution in [-0.2, 0) is 32.2 Å². The molecular weight excluding hydrogens is 568 g/mol. The molecule has 2 aromatic rings. The molecule has 9 heteroatoms. The number of aliphatic hydroxyl groups excluding tert-OH is 1. The molecule has 0 radical (unpaired) electrons. The lowest BCUT2D eigenvalue weighted by atomic mass is 9.99. The number of rotatable bonds is 15. The van der Waals surface area contributed by atoms with Gasteiger partial charge in [-0.15, -0.1) is 0 Å². The summed E-state index contributed by atoms with van der Waals surface area (Å²) in [6.07, 6.45) is 8.48. The number of nitrogens with zero attached hydrogens (tertiary/aromatic N) is 2. The van der Waals surface area contributed by atoms with Crippen LogP contribution in [0.5, 0.6) is 0 Å². The first-order chi connectivity index (χ1) is 22.0. The highest BCUT2D eigenvalue weighted by atomic mass is 16.7. The lowest BCUT2D eigenvalue weighted by Crippen LogP contribution is -2.45. The van der Waals surface area contributed by atoms with E-state index in [0.717, 1.165) is 67.6 Å². The highest BCUT2D eigenvalue weighted by molar-refractivity contribution is 5.75. The van der Waals surface area contributed by atoms with Gasteiger partial charge in [0.1, 0.15) is 0 Å². The Bertz CT molecular complexity index is 1200. The number of nitrogens with one attached hydrogen (secondary N) is 2. The molecule has 9 nitrogen and oxygen atoms in total. The Balaban J connectivity index is 1.17. The minimum absolute atomic E-state index is 0.0166. The third-order valence-electron chi connectivity index (χ3n) is 9.42. The van der Waals surface area contributed by atoms with Crippen LogP contribution in [0.25, 0.3) is 0 Å². The van der Waals surface area contributed by atoms with E-state index in [4.69, 9.17) is 9.47 Å². The zero-order chi connectivity index (χ0) is 31.4. The normalized spacial score (nSPS) is 24.1. The molecule has 5 rings (SSSR count). The summed E-state index contributed by atoms with van der Waals surface area (Å²) < 4.78 is 13.2. The van der Waals surface area contributed by atoms with Crippen LogP contribution in [0.2, 0.25) is 0 Å². The van der Waals surface area contributed by atoms with E-state index < -0.39 is 6.29 Å². The van der Waals surface area contributed by atoms with Crippen molar-refractivity contribution in [3.05, 3.63) is 70.8 Å². The average molecular weight is 621 g/mol. The average Bonchev–Trinajstić information content (AvgIpc) is 3.74. The van der Waals surface area contributed by atoms with Gasteiger partial charge >= 0.3 is 0 Å². The minimum atomic E-state index is -0.480. The van der Waals surface area contributed by atoms with Crippen molar-refractivity contribution in [3.63, 3.8) is 0 Å². The maximum atomic E-state index is 12.3. The molecule has 0 bridgehead atoms. The predicted molar refractivity (Wildman–Crippen MR) is 174 cm³/mol. The Hall–Kier alpha value is -2.82. The van der Waals surface area contributed by atoms with Gasteiger partial charge in [-0.05, 0) is 74.8 Å². The molecule has 0 aromatic heterocycles. The number of likely N-dealkylation sites (tertiary alicyclic amines) is 2. The van der Waals surface area contributed by atoms with Crippen molar-refractivity contribution in [1.29, 1.82) is 0 Å². The van der Waals surface area contributed by atoms with E-state index >= 15 is 0 Å². The molecule has 2 aromatic carbocycles. The Morgan fingerprint density at radius 1 is 0.844 bits per heavy atom. The van der Waals surface area contributed by atoms with Gasteiger partial charge in [-0.1, -0.05) is 55.0 Å². The first-order valence-electron chi connectivity index (χ1n) is 17.0. The molecular formula is C36H52N4O5. The van der Waals surface area contributed by atoms with E-state index in [0.29, 0.717) is 25.6 Å². The zero-order valence-corrected chi connectivity index (χ0v) is 26.9. The van der Waals surface area contributed by atoms with Crippen molar-refractivity contribution in [2.45, 2.75) is 102 Å². The van der Waals surface area contributed by atoms with Crippen LogP contribution in [0, 0.1) is 0 Å². The van der Waals surface area contributed by atoms with Gasteiger partial charge in [0.25, 0.3) is 0 Å². The summed E-state index contributed by atoms with van der Waals surface area (Å²) in [5.41, 5.74) is 4.00. The van der Waals surface area contributed by atoms with Crippen LogP contribution < -0.4 is 10.6 Å². The lowest BCUT2D eigenvalue weighted by molar-refractivity contribution is -0.253. The molecule has 0 spiro atoms. The summed E-state index contributed by atoms with van der Waals surface area (Å²) in [4.78, 5) is 28.6. The molecule has 246 valence electrons. The smallest absolute Gasteiger partial charge is 0.220 e. The number of hydrogen-bond acceptors (Lipinski definition) is 7. The van der Waals surface area contributed by atoms with Crippen LogP contribution in [-0.4, -0.2) is 78.1 Å².